The normalized spacial score (nSPS) is 12.8. The van der Waals surface area contributed by atoms with E-state index >= 15 is 0 Å². The van der Waals surface area contributed by atoms with E-state index in [9.17, 15) is 0 Å². The number of halogens is 1. The molecule has 2 rings (SSSR count). The number of thiophene rings is 1. The molecule has 2 aromatic rings. The molecule has 1 aromatic carbocycles. The van der Waals surface area contributed by atoms with E-state index in [4.69, 9.17) is 5.73 Å². The van der Waals surface area contributed by atoms with Gasteiger partial charge in [0.2, 0.25) is 0 Å². The van der Waals surface area contributed by atoms with E-state index in [0.29, 0.717) is 0 Å². The van der Waals surface area contributed by atoms with E-state index in [1.165, 1.54) is 20.9 Å². The Bertz CT molecular complexity index is 504. The highest BCUT2D eigenvalue weighted by Crippen LogP contribution is 2.28. The monoisotopic (exact) mass is 295 g/mol. The minimum Gasteiger partial charge on any atom is -0.320 e. The molecule has 1 atom stereocenters. The summed E-state index contributed by atoms with van der Waals surface area (Å²) in [5.41, 5.74) is 8.64. The molecule has 84 valence electrons. The van der Waals surface area contributed by atoms with E-state index in [0.717, 1.165) is 4.47 Å². The predicted molar refractivity (Wildman–Crippen MR) is 74.0 cm³/mol. The molecule has 0 aliphatic rings. The first-order valence-electron chi connectivity index (χ1n) is 5.16. The third-order valence-electron chi connectivity index (χ3n) is 2.61. The Balaban J connectivity index is 2.33. The second-order valence-corrected chi connectivity index (χ2v) is 6.11. The third-order valence-corrected chi connectivity index (χ3v) is 4.58. The van der Waals surface area contributed by atoms with Gasteiger partial charge >= 0.3 is 0 Å². The summed E-state index contributed by atoms with van der Waals surface area (Å²) in [4.78, 5) is 2.53. The van der Waals surface area contributed by atoms with Gasteiger partial charge in [0.15, 0.2) is 0 Å². The molecule has 16 heavy (non-hydrogen) atoms. The van der Waals surface area contributed by atoms with Crippen molar-refractivity contribution in [1.29, 1.82) is 0 Å². The van der Waals surface area contributed by atoms with Crippen LogP contribution >= 0.6 is 27.3 Å². The fourth-order valence-electron chi connectivity index (χ4n) is 1.65. The molecule has 1 heterocycles. The van der Waals surface area contributed by atoms with Crippen LogP contribution in [0.25, 0.3) is 0 Å². The van der Waals surface area contributed by atoms with Gasteiger partial charge < -0.3 is 5.73 Å². The van der Waals surface area contributed by atoms with Gasteiger partial charge in [-0.3, -0.25) is 0 Å². The molecule has 0 amide bonds. The predicted octanol–water partition coefficient (Wildman–Crippen LogP) is 4.18. The van der Waals surface area contributed by atoms with Crippen molar-refractivity contribution >= 4 is 27.3 Å². The van der Waals surface area contributed by atoms with Gasteiger partial charge in [0.1, 0.15) is 0 Å². The number of aryl methyl sites for hydroxylation is 2. The van der Waals surface area contributed by atoms with E-state index in [-0.39, 0.29) is 6.04 Å². The Morgan fingerprint density at radius 2 is 1.94 bits per heavy atom. The van der Waals surface area contributed by atoms with Gasteiger partial charge in [-0.25, -0.2) is 0 Å². The van der Waals surface area contributed by atoms with Crippen molar-refractivity contribution in [2.75, 3.05) is 0 Å². The van der Waals surface area contributed by atoms with Gasteiger partial charge in [-0.05, 0) is 43.2 Å². The highest BCUT2D eigenvalue weighted by atomic mass is 79.9. The highest BCUT2D eigenvalue weighted by molar-refractivity contribution is 9.10. The summed E-state index contributed by atoms with van der Waals surface area (Å²) in [7, 11) is 0. The van der Waals surface area contributed by atoms with Gasteiger partial charge in [0.25, 0.3) is 0 Å². The van der Waals surface area contributed by atoms with E-state index in [2.05, 4.69) is 60.1 Å². The van der Waals surface area contributed by atoms with Crippen molar-refractivity contribution < 1.29 is 0 Å². The van der Waals surface area contributed by atoms with Crippen molar-refractivity contribution in [3.8, 4) is 0 Å². The number of hydrogen-bond acceptors (Lipinski definition) is 2. The SMILES string of the molecule is Cc1ccc(C(N)c2ccc(Br)c(C)c2)s1. The minimum atomic E-state index is -0.00880. The maximum atomic E-state index is 6.24. The zero-order valence-electron chi connectivity index (χ0n) is 9.33. The van der Waals surface area contributed by atoms with Crippen LogP contribution in [0.3, 0.4) is 0 Å². The van der Waals surface area contributed by atoms with Gasteiger partial charge in [0, 0.05) is 14.2 Å². The molecule has 0 fully saturated rings. The van der Waals surface area contributed by atoms with Crippen LogP contribution in [0.4, 0.5) is 0 Å². The molecule has 0 spiro atoms. The van der Waals surface area contributed by atoms with Crippen molar-refractivity contribution in [1.82, 2.24) is 0 Å². The fourth-order valence-corrected chi connectivity index (χ4v) is 2.80. The van der Waals surface area contributed by atoms with Crippen molar-refractivity contribution in [2.45, 2.75) is 19.9 Å². The number of nitrogens with two attached hydrogens (primary N) is 1. The standard InChI is InChI=1S/C13H14BrNS/c1-8-7-10(4-5-11(8)14)13(15)12-6-3-9(2)16-12/h3-7,13H,15H2,1-2H3. The fraction of sp³-hybridized carbons (Fsp3) is 0.231. The second kappa shape index (κ2) is 4.70. The van der Waals surface area contributed by atoms with Gasteiger partial charge in [-0.15, -0.1) is 11.3 Å². The zero-order valence-corrected chi connectivity index (χ0v) is 11.7. The van der Waals surface area contributed by atoms with Crippen LogP contribution in [-0.2, 0) is 0 Å². The topological polar surface area (TPSA) is 26.0 Å². The third kappa shape index (κ3) is 2.37. The molecule has 3 heteroatoms. The first-order chi connectivity index (χ1) is 7.58. The molecule has 0 bridgehead atoms. The minimum absolute atomic E-state index is 0.00880. The van der Waals surface area contributed by atoms with Crippen LogP contribution in [0.5, 0.6) is 0 Å². The first-order valence-corrected chi connectivity index (χ1v) is 6.77. The Kier molecular flexibility index (Phi) is 3.47. The highest BCUT2D eigenvalue weighted by Gasteiger charge is 2.11. The van der Waals surface area contributed by atoms with Gasteiger partial charge in [-0.1, -0.05) is 28.1 Å². The summed E-state index contributed by atoms with van der Waals surface area (Å²) in [6.07, 6.45) is 0. The second-order valence-electron chi connectivity index (χ2n) is 3.93. The van der Waals surface area contributed by atoms with Crippen molar-refractivity contribution in [3.05, 3.63) is 55.7 Å². The molecule has 0 saturated carbocycles. The molecule has 0 aliphatic heterocycles. The lowest BCUT2D eigenvalue weighted by molar-refractivity contribution is 0.891. The molecule has 1 nitrogen and oxygen atoms in total. The largest absolute Gasteiger partial charge is 0.320 e. The molecular weight excluding hydrogens is 282 g/mol. The van der Waals surface area contributed by atoms with Gasteiger partial charge in [0.05, 0.1) is 6.04 Å². The molecule has 0 radical (unpaired) electrons. The maximum Gasteiger partial charge on any atom is 0.0646 e. The van der Waals surface area contributed by atoms with Crippen molar-refractivity contribution in [3.63, 3.8) is 0 Å². The average Bonchev–Trinajstić information content (AvgIpc) is 2.68. The summed E-state index contributed by atoms with van der Waals surface area (Å²) in [6, 6.07) is 10.5. The molecular formula is C13H14BrNS. The molecule has 2 N–H and O–H groups in total. The van der Waals surface area contributed by atoms with E-state index in [1.54, 1.807) is 11.3 Å². The quantitative estimate of drug-likeness (QED) is 0.884. The van der Waals surface area contributed by atoms with Crippen LogP contribution in [0.2, 0.25) is 0 Å². The van der Waals surface area contributed by atoms with Crippen LogP contribution < -0.4 is 5.73 Å². The number of hydrogen-bond donors (Lipinski definition) is 1. The van der Waals surface area contributed by atoms with Crippen LogP contribution in [-0.4, -0.2) is 0 Å². The van der Waals surface area contributed by atoms with Gasteiger partial charge in [-0.2, -0.15) is 0 Å². The summed E-state index contributed by atoms with van der Waals surface area (Å²) in [6.45, 7) is 4.19. The summed E-state index contributed by atoms with van der Waals surface area (Å²) < 4.78 is 1.13. The lowest BCUT2D eigenvalue weighted by Crippen LogP contribution is -2.10. The number of rotatable bonds is 2. The lowest BCUT2D eigenvalue weighted by atomic mass is 10.0. The summed E-state index contributed by atoms with van der Waals surface area (Å²) in [5, 5.41) is 0. The Labute approximate surface area is 108 Å². The Morgan fingerprint density at radius 1 is 1.19 bits per heavy atom. The van der Waals surface area contributed by atoms with Crippen molar-refractivity contribution in [2.24, 2.45) is 5.73 Å². The molecule has 1 aromatic heterocycles. The average molecular weight is 296 g/mol. The molecule has 0 aliphatic carbocycles. The Hall–Kier alpha value is -0.640. The molecule has 1 unspecified atom stereocenters. The zero-order chi connectivity index (χ0) is 11.7. The lowest BCUT2D eigenvalue weighted by Gasteiger charge is -2.11. The van der Waals surface area contributed by atoms with E-state index in [1.807, 2.05) is 0 Å². The van der Waals surface area contributed by atoms with Crippen LogP contribution in [0.1, 0.15) is 26.9 Å². The van der Waals surface area contributed by atoms with Crippen LogP contribution in [0, 0.1) is 13.8 Å². The first kappa shape index (κ1) is 11.8. The Morgan fingerprint density at radius 3 is 2.50 bits per heavy atom. The maximum absolute atomic E-state index is 6.24. The van der Waals surface area contributed by atoms with Crippen LogP contribution in [0.15, 0.2) is 34.8 Å². The summed E-state index contributed by atoms with van der Waals surface area (Å²) >= 11 is 5.26. The van der Waals surface area contributed by atoms with E-state index < -0.39 is 0 Å². The number of benzene rings is 1. The molecule has 0 saturated heterocycles. The summed E-state index contributed by atoms with van der Waals surface area (Å²) in [5.74, 6) is 0. The smallest absolute Gasteiger partial charge is 0.0646 e.